The van der Waals surface area contributed by atoms with Crippen molar-refractivity contribution >= 4 is 11.6 Å². The topological polar surface area (TPSA) is 60.0 Å². The number of amides is 1. The van der Waals surface area contributed by atoms with E-state index in [2.05, 4.69) is 10.2 Å². The molecule has 0 aliphatic carbocycles. The fourth-order valence-electron chi connectivity index (χ4n) is 2.27. The van der Waals surface area contributed by atoms with Gasteiger partial charge in [0.25, 0.3) is 5.91 Å². The fraction of sp³-hybridized carbons (Fsp3) is 0.350. The maximum atomic E-state index is 12.5. The smallest absolute Gasteiger partial charge is 0.255 e. The van der Waals surface area contributed by atoms with E-state index in [0.717, 1.165) is 12.3 Å². The van der Waals surface area contributed by atoms with Crippen LogP contribution in [-0.2, 0) is 0 Å². The summed E-state index contributed by atoms with van der Waals surface area (Å²) in [5.41, 5.74) is 1.20. The van der Waals surface area contributed by atoms with Crippen LogP contribution in [0.1, 0.15) is 17.3 Å². The van der Waals surface area contributed by atoms with E-state index in [1.807, 2.05) is 45.3 Å². The van der Waals surface area contributed by atoms with Crippen molar-refractivity contribution in [2.24, 2.45) is 0 Å². The lowest BCUT2D eigenvalue weighted by Crippen LogP contribution is -2.19. The van der Waals surface area contributed by atoms with Crippen LogP contribution in [0.5, 0.6) is 17.2 Å². The standard InChI is InChI=1S/C20H26N2O4/c1-5-25-19-14-15(6-11-18(19)24-4)20(23)21-16-7-9-17(10-8-16)26-13-12-22(2)3/h6-11,14H,5,12-13H2,1-4H3,(H,21,23). The average Bonchev–Trinajstić information content (AvgIpc) is 2.63. The third kappa shape index (κ3) is 5.67. The Morgan fingerprint density at radius 2 is 1.77 bits per heavy atom. The zero-order valence-corrected chi connectivity index (χ0v) is 15.7. The molecule has 1 amide bonds. The first-order valence-electron chi connectivity index (χ1n) is 8.53. The van der Waals surface area contributed by atoms with Crippen LogP contribution < -0.4 is 19.5 Å². The Balaban J connectivity index is 1.99. The number of anilines is 1. The lowest BCUT2D eigenvalue weighted by Gasteiger charge is -2.12. The van der Waals surface area contributed by atoms with Crippen LogP contribution in [0.15, 0.2) is 42.5 Å². The molecule has 0 bridgehead atoms. The number of rotatable bonds is 9. The molecular formula is C20H26N2O4. The highest BCUT2D eigenvalue weighted by atomic mass is 16.5. The number of nitrogens with zero attached hydrogens (tertiary/aromatic N) is 1. The molecule has 0 atom stereocenters. The van der Waals surface area contributed by atoms with Crippen LogP contribution in [0.25, 0.3) is 0 Å². The number of methoxy groups -OCH3 is 1. The lowest BCUT2D eigenvalue weighted by atomic mass is 10.2. The average molecular weight is 358 g/mol. The lowest BCUT2D eigenvalue weighted by molar-refractivity contribution is 0.102. The molecule has 2 aromatic rings. The molecule has 0 aromatic heterocycles. The summed E-state index contributed by atoms with van der Waals surface area (Å²) in [6.45, 7) is 3.84. The highest BCUT2D eigenvalue weighted by molar-refractivity contribution is 6.04. The second kappa shape index (κ2) is 9.68. The quantitative estimate of drug-likeness (QED) is 0.745. The summed E-state index contributed by atoms with van der Waals surface area (Å²) in [4.78, 5) is 14.5. The SMILES string of the molecule is CCOc1cc(C(=O)Nc2ccc(OCCN(C)C)cc2)ccc1OC. The van der Waals surface area contributed by atoms with Crippen molar-refractivity contribution in [2.45, 2.75) is 6.92 Å². The van der Waals surface area contributed by atoms with Crippen LogP contribution in [0.2, 0.25) is 0 Å². The molecule has 140 valence electrons. The second-order valence-corrected chi connectivity index (χ2v) is 5.93. The van der Waals surface area contributed by atoms with Crippen molar-refractivity contribution in [3.8, 4) is 17.2 Å². The predicted octanol–water partition coefficient (Wildman–Crippen LogP) is 3.29. The Kier molecular flexibility index (Phi) is 7.29. The van der Waals surface area contributed by atoms with Crippen molar-refractivity contribution in [2.75, 3.05) is 46.3 Å². The highest BCUT2D eigenvalue weighted by Gasteiger charge is 2.11. The van der Waals surface area contributed by atoms with Gasteiger partial charge >= 0.3 is 0 Å². The molecule has 0 aliphatic heterocycles. The number of nitrogens with one attached hydrogen (secondary N) is 1. The molecule has 2 aromatic carbocycles. The third-order valence-electron chi connectivity index (χ3n) is 3.65. The summed E-state index contributed by atoms with van der Waals surface area (Å²) in [6.07, 6.45) is 0. The van der Waals surface area contributed by atoms with E-state index in [-0.39, 0.29) is 5.91 Å². The molecule has 1 N–H and O–H groups in total. The van der Waals surface area contributed by atoms with E-state index >= 15 is 0 Å². The summed E-state index contributed by atoms with van der Waals surface area (Å²) in [5, 5.41) is 2.87. The fourth-order valence-corrected chi connectivity index (χ4v) is 2.27. The number of hydrogen-bond acceptors (Lipinski definition) is 5. The Morgan fingerprint density at radius 3 is 2.38 bits per heavy atom. The first kappa shape index (κ1) is 19.6. The van der Waals surface area contributed by atoms with Gasteiger partial charge in [-0.15, -0.1) is 0 Å². The maximum Gasteiger partial charge on any atom is 0.255 e. The number of benzene rings is 2. The summed E-state index contributed by atoms with van der Waals surface area (Å²) in [7, 11) is 5.57. The molecule has 0 unspecified atom stereocenters. The first-order valence-corrected chi connectivity index (χ1v) is 8.53. The summed E-state index contributed by atoms with van der Waals surface area (Å²) < 4.78 is 16.4. The van der Waals surface area contributed by atoms with Crippen LogP contribution >= 0.6 is 0 Å². The van der Waals surface area contributed by atoms with Gasteiger partial charge in [-0.3, -0.25) is 4.79 Å². The minimum Gasteiger partial charge on any atom is -0.493 e. The van der Waals surface area contributed by atoms with Gasteiger partial charge in [0.15, 0.2) is 11.5 Å². The molecule has 0 saturated carbocycles. The van der Waals surface area contributed by atoms with E-state index in [9.17, 15) is 4.79 Å². The van der Waals surface area contributed by atoms with Crippen molar-refractivity contribution in [3.05, 3.63) is 48.0 Å². The van der Waals surface area contributed by atoms with Gasteiger partial charge in [-0.1, -0.05) is 0 Å². The predicted molar refractivity (Wildman–Crippen MR) is 103 cm³/mol. The molecule has 6 heteroatoms. The monoisotopic (exact) mass is 358 g/mol. The number of ether oxygens (including phenoxy) is 3. The van der Waals surface area contributed by atoms with Crippen molar-refractivity contribution in [1.82, 2.24) is 4.90 Å². The molecule has 0 spiro atoms. The molecule has 0 aliphatic rings. The van der Waals surface area contributed by atoms with E-state index < -0.39 is 0 Å². The van der Waals surface area contributed by atoms with Crippen molar-refractivity contribution in [1.29, 1.82) is 0 Å². The van der Waals surface area contributed by atoms with E-state index in [0.29, 0.717) is 36.0 Å². The van der Waals surface area contributed by atoms with Crippen LogP contribution in [0.4, 0.5) is 5.69 Å². The van der Waals surface area contributed by atoms with Crippen LogP contribution in [0, 0.1) is 0 Å². The van der Waals surface area contributed by atoms with Gasteiger partial charge in [0, 0.05) is 17.8 Å². The summed E-state index contributed by atoms with van der Waals surface area (Å²) in [6, 6.07) is 12.4. The van der Waals surface area contributed by atoms with Gasteiger partial charge in [-0.05, 0) is 63.5 Å². The Hall–Kier alpha value is -2.73. The van der Waals surface area contributed by atoms with Gasteiger partial charge in [0.1, 0.15) is 12.4 Å². The van der Waals surface area contributed by atoms with Gasteiger partial charge in [-0.2, -0.15) is 0 Å². The number of likely N-dealkylation sites (N-methyl/N-ethyl adjacent to an activating group) is 1. The molecule has 0 fully saturated rings. The summed E-state index contributed by atoms with van der Waals surface area (Å²) >= 11 is 0. The minimum atomic E-state index is -0.213. The van der Waals surface area contributed by atoms with Crippen molar-refractivity contribution < 1.29 is 19.0 Å². The molecule has 2 rings (SSSR count). The molecule has 6 nitrogen and oxygen atoms in total. The normalized spacial score (nSPS) is 10.5. The Labute approximate surface area is 154 Å². The largest absolute Gasteiger partial charge is 0.493 e. The van der Waals surface area contributed by atoms with Gasteiger partial charge < -0.3 is 24.4 Å². The third-order valence-corrected chi connectivity index (χ3v) is 3.65. The van der Waals surface area contributed by atoms with Gasteiger partial charge in [0.05, 0.1) is 13.7 Å². The van der Waals surface area contributed by atoms with Crippen LogP contribution in [0.3, 0.4) is 0 Å². The van der Waals surface area contributed by atoms with Crippen molar-refractivity contribution in [3.63, 3.8) is 0 Å². The number of carbonyl (C=O) groups is 1. The molecular weight excluding hydrogens is 332 g/mol. The molecule has 0 saturated heterocycles. The second-order valence-electron chi connectivity index (χ2n) is 5.93. The van der Waals surface area contributed by atoms with E-state index in [1.54, 1.807) is 25.3 Å². The van der Waals surface area contributed by atoms with E-state index in [1.165, 1.54) is 0 Å². The Morgan fingerprint density at radius 1 is 1.04 bits per heavy atom. The molecule has 26 heavy (non-hydrogen) atoms. The van der Waals surface area contributed by atoms with Gasteiger partial charge in [-0.25, -0.2) is 0 Å². The molecule has 0 heterocycles. The maximum absolute atomic E-state index is 12.5. The highest BCUT2D eigenvalue weighted by Crippen LogP contribution is 2.28. The molecule has 0 radical (unpaired) electrons. The zero-order valence-electron chi connectivity index (χ0n) is 15.7. The van der Waals surface area contributed by atoms with Crippen LogP contribution in [-0.4, -0.2) is 51.8 Å². The minimum absolute atomic E-state index is 0.213. The zero-order chi connectivity index (χ0) is 18.9. The van der Waals surface area contributed by atoms with Gasteiger partial charge in [0.2, 0.25) is 0 Å². The number of carbonyl (C=O) groups excluding carboxylic acids is 1. The summed E-state index contributed by atoms with van der Waals surface area (Å²) in [5.74, 6) is 1.71. The first-order chi connectivity index (χ1) is 12.5. The van der Waals surface area contributed by atoms with E-state index in [4.69, 9.17) is 14.2 Å². The number of hydrogen-bond donors (Lipinski definition) is 1. The Bertz CT molecular complexity index is 714.